The van der Waals surface area contributed by atoms with Gasteiger partial charge in [0, 0.05) is 23.9 Å². The number of nitrogens with zero attached hydrogens (tertiary/aromatic N) is 2. The molecule has 2 aliphatic rings. The molecular weight excluding hydrogens is 303 g/mol. The Hall–Kier alpha value is -1.66. The predicted molar refractivity (Wildman–Crippen MR) is 76.5 cm³/mol. The standard InChI is InChI=1S/C13H10ClFN2O2S/c14-12-8-9(15)3-4-10(12)11-2-1-5-17-6-7-20(18,19)16-13(11)17/h1-5,8H,6-7H2. The third-order valence-corrected chi connectivity index (χ3v) is 4.54. The lowest BCUT2D eigenvalue weighted by Gasteiger charge is -2.29. The summed E-state index contributed by atoms with van der Waals surface area (Å²) < 4.78 is 40.2. The summed E-state index contributed by atoms with van der Waals surface area (Å²) in [7, 11) is -3.46. The second kappa shape index (κ2) is 4.71. The van der Waals surface area contributed by atoms with Crippen molar-refractivity contribution in [3.05, 3.63) is 53.0 Å². The Bertz CT molecular complexity index is 769. The number of halogens is 2. The summed E-state index contributed by atoms with van der Waals surface area (Å²) in [6, 6.07) is 3.99. The number of fused-ring (bicyclic) bond motifs is 1. The van der Waals surface area contributed by atoms with E-state index in [0.29, 0.717) is 23.5 Å². The highest BCUT2D eigenvalue weighted by atomic mass is 35.5. The Balaban J connectivity index is 2.15. The molecule has 7 heteroatoms. The zero-order valence-corrected chi connectivity index (χ0v) is 11.8. The van der Waals surface area contributed by atoms with Crippen LogP contribution in [0.5, 0.6) is 0 Å². The number of sulfonamides is 1. The lowest BCUT2D eigenvalue weighted by atomic mass is 10.0. The lowest BCUT2D eigenvalue weighted by Crippen LogP contribution is -2.37. The first kappa shape index (κ1) is 13.3. The fraction of sp³-hybridized carbons (Fsp3) is 0.154. The summed E-state index contributed by atoms with van der Waals surface area (Å²) in [5, 5.41) is 0.220. The van der Waals surface area contributed by atoms with Crippen molar-refractivity contribution in [2.45, 2.75) is 0 Å². The van der Waals surface area contributed by atoms with E-state index in [9.17, 15) is 12.8 Å². The molecule has 4 nitrogen and oxygen atoms in total. The van der Waals surface area contributed by atoms with Crippen LogP contribution in [0.4, 0.5) is 4.39 Å². The molecule has 0 unspecified atom stereocenters. The monoisotopic (exact) mass is 312 g/mol. The van der Waals surface area contributed by atoms with Gasteiger partial charge in [0.1, 0.15) is 5.82 Å². The zero-order chi connectivity index (χ0) is 14.3. The molecule has 1 aromatic carbocycles. The fourth-order valence-electron chi connectivity index (χ4n) is 2.13. The normalized spacial score (nSPS) is 20.2. The highest BCUT2D eigenvalue weighted by Crippen LogP contribution is 2.30. The Morgan fingerprint density at radius 2 is 2.15 bits per heavy atom. The van der Waals surface area contributed by atoms with E-state index < -0.39 is 15.8 Å². The lowest BCUT2D eigenvalue weighted by molar-refractivity contribution is 0.550. The number of benzene rings is 1. The van der Waals surface area contributed by atoms with E-state index in [-0.39, 0.29) is 10.8 Å². The van der Waals surface area contributed by atoms with Crippen molar-refractivity contribution in [1.29, 1.82) is 0 Å². The van der Waals surface area contributed by atoms with Gasteiger partial charge in [-0.05, 0) is 30.4 Å². The molecule has 0 N–H and O–H groups in total. The molecule has 0 saturated heterocycles. The molecule has 0 saturated carbocycles. The van der Waals surface area contributed by atoms with Crippen molar-refractivity contribution in [2.75, 3.05) is 12.3 Å². The smallest absolute Gasteiger partial charge is 0.256 e. The first-order valence-electron chi connectivity index (χ1n) is 5.90. The molecule has 0 aromatic heterocycles. The van der Waals surface area contributed by atoms with E-state index in [2.05, 4.69) is 4.40 Å². The highest BCUT2D eigenvalue weighted by Gasteiger charge is 2.28. The summed E-state index contributed by atoms with van der Waals surface area (Å²) in [4.78, 5) is 1.75. The number of hydrogen-bond donors (Lipinski definition) is 0. The van der Waals surface area contributed by atoms with Gasteiger partial charge in [0.25, 0.3) is 10.0 Å². The highest BCUT2D eigenvalue weighted by molar-refractivity contribution is 7.90. The molecule has 1 aromatic rings. The molecule has 104 valence electrons. The SMILES string of the molecule is O=S1(=O)CCN2C=CC=C(c3ccc(F)cc3Cl)C2=N1. The van der Waals surface area contributed by atoms with Crippen LogP contribution >= 0.6 is 11.6 Å². The Labute approximate surface area is 120 Å². The van der Waals surface area contributed by atoms with Gasteiger partial charge < -0.3 is 4.90 Å². The van der Waals surface area contributed by atoms with E-state index in [1.807, 2.05) is 0 Å². The van der Waals surface area contributed by atoms with Crippen LogP contribution in [0.15, 0.2) is 40.9 Å². The quantitative estimate of drug-likeness (QED) is 0.800. The maximum absolute atomic E-state index is 13.1. The van der Waals surface area contributed by atoms with E-state index in [1.165, 1.54) is 18.2 Å². The summed E-state index contributed by atoms with van der Waals surface area (Å²) in [5.41, 5.74) is 1.12. The molecule has 2 aliphatic heterocycles. The van der Waals surface area contributed by atoms with Gasteiger partial charge in [0.05, 0.1) is 10.8 Å². The fourth-order valence-corrected chi connectivity index (χ4v) is 3.39. The van der Waals surface area contributed by atoms with Gasteiger partial charge in [-0.25, -0.2) is 12.8 Å². The minimum absolute atomic E-state index is 0.0225. The van der Waals surface area contributed by atoms with E-state index >= 15 is 0 Å². The first-order valence-corrected chi connectivity index (χ1v) is 7.88. The Kier molecular flexibility index (Phi) is 3.14. The Morgan fingerprint density at radius 1 is 1.35 bits per heavy atom. The largest absolute Gasteiger partial charge is 0.331 e. The molecule has 0 atom stereocenters. The van der Waals surface area contributed by atoms with Crippen LogP contribution in [0.2, 0.25) is 5.02 Å². The number of rotatable bonds is 1. The van der Waals surface area contributed by atoms with Gasteiger partial charge in [0.2, 0.25) is 0 Å². The average molecular weight is 313 g/mol. The van der Waals surface area contributed by atoms with Crippen LogP contribution in [0, 0.1) is 5.82 Å². The minimum atomic E-state index is -3.46. The zero-order valence-electron chi connectivity index (χ0n) is 10.3. The van der Waals surface area contributed by atoms with Crippen molar-refractivity contribution in [3.8, 4) is 0 Å². The average Bonchev–Trinajstić information content (AvgIpc) is 2.38. The van der Waals surface area contributed by atoms with Crippen LogP contribution in [-0.2, 0) is 10.0 Å². The van der Waals surface area contributed by atoms with Gasteiger partial charge in [-0.1, -0.05) is 11.6 Å². The third-order valence-electron chi connectivity index (χ3n) is 3.08. The minimum Gasteiger partial charge on any atom is -0.331 e. The molecule has 0 aliphatic carbocycles. The second-order valence-electron chi connectivity index (χ2n) is 4.44. The van der Waals surface area contributed by atoms with Gasteiger partial charge in [0.15, 0.2) is 5.84 Å². The van der Waals surface area contributed by atoms with Crippen molar-refractivity contribution in [1.82, 2.24) is 4.90 Å². The maximum Gasteiger partial charge on any atom is 0.256 e. The van der Waals surface area contributed by atoms with Gasteiger partial charge in [-0.15, -0.1) is 4.40 Å². The van der Waals surface area contributed by atoms with E-state index in [1.54, 1.807) is 23.3 Å². The summed E-state index contributed by atoms with van der Waals surface area (Å²) in [6.07, 6.45) is 5.26. The third kappa shape index (κ3) is 2.36. The molecule has 2 heterocycles. The number of hydrogen-bond acceptors (Lipinski definition) is 3. The molecule has 0 spiro atoms. The van der Waals surface area contributed by atoms with Crippen molar-refractivity contribution < 1.29 is 12.8 Å². The van der Waals surface area contributed by atoms with Gasteiger partial charge in [-0.3, -0.25) is 0 Å². The summed E-state index contributed by atoms with van der Waals surface area (Å²) in [5.74, 6) is -0.140. The van der Waals surface area contributed by atoms with Gasteiger partial charge >= 0.3 is 0 Å². The van der Waals surface area contributed by atoms with Crippen molar-refractivity contribution in [3.63, 3.8) is 0 Å². The molecule has 0 radical (unpaired) electrons. The first-order chi connectivity index (χ1) is 9.46. The molecule has 0 amide bonds. The maximum atomic E-state index is 13.1. The molecule has 3 rings (SSSR count). The van der Waals surface area contributed by atoms with Crippen LogP contribution in [-0.4, -0.2) is 31.5 Å². The van der Waals surface area contributed by atoms with Crippen LogP contribution in [0.1, 0.15) is 5.56 Å². The van der Waals surface area contributed by atoms with Crippen LogP contribution < -0.4 is 0 Å². The molecule has 0 bridgehead atoms. The molecule has 0 fully saturated rings. The van der Waals surface area contributed by atoms with Crippen molar-refractivity contribution in [2.24, 2.45) is 4.40 Å². The second-order valence-corrected chi connectivity index (χ2v) is 6.60. The van der Waals surface area contributed by atoms with E-state index in [4.69, 9.17) is 11.6 Å². The Morgan fingerprint density at radius 3 is 2.90 bits per heavy atom. The van der Waals surface area contributed by atoms with Crippen LogP contribution in [0.3, 0.4) is 0 Å². The topological polar surface area (TPSA) is 49.7 Å². The summed E-state index contributed by atoms with van der Waals surface area (Å²) in [6.45, 7) is 0.341. The number of allylic oxidation sites excluding steroid dienone is 2. The molecule has 20 heavy (non-hydrogen) atoms. The predicted octanol–water partition coefficient (Wildman–Crippen LogP) is 2.43. The summed E-state index contributed by atoms with van der Waals surface area (Å²) >= 11 is 6.04. The number of amidine groups is 1. The van der Waals surface area contributed by atoms with Crippen molar-refractivity contribution >= 4 is 33.0 Å². The van der Waals surface area contributed by atoms with E-state index in [0.717, 1.165) is 0 Å². The van der Waals surface area contributed by atoms with Gasteiger partial charge in [-0.2, -0.15) is 0 Å². The molecular formula is C13H10ClFN2O2S. The van der Waals surface area contributed by atoms with Crippen LogP contribution in [0.25, 0.3) is 5.57 Å².